The molecule has 0 unspecified atom stereocenters. The zero-order chi connectivity index (χ0) is 21.8. The Labute approximate surface area is 180 Å². The van der Waals surface area contributed by atoms with Gasteiger partial charge in [-0.05, 0) is 42.4 Å². The first-order valence-corrected chi connectivity index (χ1v) is 9.72. The SMILES string of the molecule is Cc1cccc(OCC(=O)NC(=S)NNC(=O)CCC(=O)NCc2ccccc2)c1. The first-order chi connectivity index (χ1) is 14.4. The van der Waals surface area contributed by atoms with Crippen LogP contribution in [0.3, 0.4) is 0 Å². The van der Waals surface area contributed by atoms with E-state index >= 15 is 0 Å². The Morgan fingerprint density at radius 1 is 0.900 bits per heavy atom. The van der Waals surface area contributed by atoms with Crippen molar-refractivity contribution in [1.29, 1.82) is 0 Å². The Kier molecular flexibility index (Phi) is 9.26. The highest BCUT2D eigenvalue weighted by molar-refractivity contribution is 7.80. The Morgan fingerprint density at radius 2 is 1.63 bits per heavy atom. The van der Waals surface area contributed by atoms with E-state index < -0.39 is 11.8 Å². The molecular weight excluding hydrogens is 404 g/mol. The number of hydrazine groups is 1. The summed E-state index contributed by atoms with van der Waals surface area (Å²) in [5.74, 6) is -0.568. The molecule has 0 aliphatic heterocycles. The molecule has 8 nitrogen and oxygen atoms in total. The number of carbonyl (C=O) groups is 3. The average molecular weight is 429 g/mol. The van der Waals surface area contributed by atoms with Gasteiger partial charge in [-0.3, -0.25) is 30.6 Å². The minimum atomic E-state index is -0.469. The van der Waals surface area contributed by atoms with E-state index in [-0.39, 0.29) is 30.5 Å². The minimum absolute atomic E-state index is 0.0271. The molecule has 4 N–H and O–H groups in total. The van der Waals surface area contributed by atoms with Gasteiger partial charge in [0.1, 0.15) is 5.75 Å². The second-order valence-corrected chi connectivity index (χ2v) is 6.83. The van der Waals surface area contributed by atoms with Crippen LogP contribution in [0.2, 0.25) is 0 Å². The van der Waals surface area contributed by atoms with Crippen LogP contribution in [0.25, 0.3) is 0 Å². The maximum Gasteiger partial charge on any atom is 0.264 e. The number of thiocarbonyl (C=S) groups is 1. The van der Waals surface area contributed by atoms with Crippen LogP contribution in [0.1, 0.15) is 24.0 Å². The highest BCUT2D eigenvalue weighted by Crippen LogP contribution is 2.11. The van der Waals surface area contributed by atoms with Crippen LogP contribution >= 0.6 is 12.2 Å². The Bertz CT molecular complexity index is 890. The Hall–Kier alpha value is -3.46. The quantitative estimate of drug-likeness (QED) is 0.375. The Morgan fingerprint density at radius 3 is 2.37 bits per heavy atom. The number of benzene rings is 2. The fourth-order valence-corrected chi connectivity index (χ4v) is 2.51. The van der Waals surface area contributed by atoms with E-state index in [1.165, 1.54) is 0 Å². The number of rotatable bonds is 8. The van der Waals surface area contributed by atoms with Crippen LogP contribution in [0.4, 0.5) is 0 Å². The molecular formula is C21H24N4O4S. The molecule has 2 aromatic carbocycles. The molecule has 2 rings (SSSR count). The van der Waals surface area contributed by atoms with Gasteiger partial charge in [-0.15, -0.1) is 0 Å². The smallest absolute Gasteiger partial charge is 0.264 e. The predicted molar refractivity (Wildman–Crippen MR) is 116 cm³/mol. The molecule has 2 aromatic rings. The van der Waals surface area contributed by atoms with Crippen molar-refractivity contribution in [3.8, 4) is 5.75 Å². The highest BCUT2D eigenvalue weighted by Gasteiger charge is 2.09. The standard InChI is InChI=1S/C21H24N4O4S/c1-15-6-5-9-17(12-15)29-14-20(28)23-21(30)25-24-19(27)11-10-18(26)22-13-16-7-3-2-4-8-16/h2-9,12H,10-11,13-14H2,1H3,(H,22,26)(H,24,27)(H2,23,25,28,30). The van der Waals surface area contributed by atoms with Gasteiger partial charge in [-0.2, -0.15) is 0 Å². The average Bonchev–Trinajstić information content (AvgIpc) is 2.74. The summed E-state index contributed by atoms with van der Waals surface area (Å²) in [6.07, 6.45) is 0.00442. The van der Waals surface area contributed by atoms with Gasteiger partial charge in [0.15, 0.2) is 11.7 Å². The summed E-state index contributed by atoms with van der Waals surface area (Å²) in [5.41, 5.74) is 6.74. The zero-order valence-electron chi connectivity index (χ0n) is 16.6. The molecule has 158 valence electrons. The van der Waals surface area contributed by atoms with Gasteiger partial charge in [-0.25, -0.2) is 0 Å². The van der Waals surface area contributed by atoms with Gasteiger partial charge >= 0.3 is 0 Å². The number of amides is 3. The van der Waals surface area contributed by atoms with Crippen molar-refractivity contribution in [3.05, 3.63) is 65.7 Å². The van der Waals surface area contributed by atoms with Crippen LogP contribution in [-0.4, -0.2) is 29.4 Å². The van der Waals surface area contributed by atoms with Crippen molar-refractivity contribution < 1.29 is 19.1 Å². The second kappa shape index (κ2) is 12.2. The molecule has 0 spiro atoms. The van der Waals surface area contributed by atoms with Crippen molar-refractivity contribution in [3.63, 3.8) is 0 Å². The van der Waals surface area contributed by atoms with E-state index in [2.05, 4.69) is 21.5 Å². The van der Waals surface area contributed by atoms with E-state index in [9.17, 15) is 14.4 Å². The molecule has 0 aliphatic rings. The third-order valence-electron chi connectivity index (χ3n) is 3.84. The maximum absolute atomic E-state index is 11.8. The molecule has 0 radical (unpaired) electrons. The van der Waals surface area contributed by atoms with Crippen molar-refractivity contribution in [2.75, 3.05) is 6.61 Å². The van der Waals surface area contributed by atoms with Gasteiger partial charge in [0.2, 0.25) is 11.8 Å². The van der Waals surface area contributed by atoms with Crippen molar-refractivity contribution in [2.24, 2.45) is 0 Å². The molecule has 0 saturated heterocycles. The summed E-state index contributed by atoms with van der Waals surface area (Å²) in [5, 5.41) is 5.05. The summed E-state index contributed by atoms with van der Waals surface area (Å²) < 4.78 is 5.36. The summed E-state index contributed by atoms with van der Waals surface area (Å²) in [7, 11) is 0. The van der Waals surface area contributed by atoms with Crippen LogP contribution < -0.4 is 26.2 Å². The summed E-state index contributed by atoms with van der Waals surface area (Å²) >= 11 is 4.94. The lowest BCUT2D eigenvalue weighted by molar-refractivity contribution is -0.126. The monoisotopic (exact) mass is 428 g/mol. The minimum Gasteiger partial charge on any atom is -0.484 e. The largest absolute Gasteiger partial charge is 0.484 e. The van der Waals surface area contributed by atoms with Gasteiger partial charge in [0.05, 0.1) is 0 Å². The fraction of sp³-hybridized carbons (Fsp3) is 0.238. The summed E-state index contributed by atoms with van der Waals surface area (Å²) in [6.45, 7) is 2.10. The zero-order valence-corrected chi connectivity index (χ0v) is 17.4. The van der Waals surface area contributed by atoms with Crippen molar-refractivity contribution in [1.82, 2.24) is 21.5 Å². The van der Waals surface area contributed by atoms with Gasteiger partial charge in [0, 0.05) is 19.4 Å². The van der Waals surface area contributed by atoms with Crippen LogP contribution in [0.5, 0.6) is 5.75 Å². The molecule has 0 heterocycles. The van der Waals surface area contributed by atoms with E-state index in [1.54, 1.807) is 12.1 Å². The predicted octanol–water partition coefficient (Wildman–Crippen LogP) is 1.49. The molecule has 3 amide bonds. The lowest BCUT2D eigenvalue weighted by Crippen LogP contribution is -2.49. The number of nitrogens with one attached hydrogen (secondary N) is 4. The van der Waals surface area contributed by atoms with Gasteiger partial charge in [-0.1, -0.05) is 42.5 Å². The molecule has 30 heavy (non-hydrogen) atoms. The van der Waals surface area contributed by atoms with Crippen LogP contribution in [0.15, 0.2) is 54.6 Å². The lowest BCUT2D eigenvalue weighted by atomic mass is 10.2. The van der Waals surface area contributed by atoms with Crippen molar-refractivity contribution in [2.45, 2.75) is 26.3 Å². The lowest BCUT2D eigenvalue weighted by Gasteiger charge is -2.11. The first-order valence-electron chi connectivity index (χ1n) is 9.31. The molecule has 0 fully saturated rings. The molecule has 0 atom stereocenters. The molecule has 0 aromatic heterocycles. The van der Waals surface area contributed by atoms with Crippen LogP contribution in [-0.2, 0) is 20.9 Å². The highest BCUT2D eigenvalue weighted by atomic mass is 32.1. The third-order valence-corrected chi connectivity index (χ3v) is 4.04. The van der Waals surface area contributed by atoms with E-state index in [0.717, 1.165) is 11.1 Å². The molecule has 0 bridgehead atoms. The number of hydrogen-bond donors (Lipinski definition) is 4. The third kappa shape index (κ3) is 9.16. The van der Waals surface area contributed by atoms with Crippen LogP contribution in [0, 0.1) is 6.92 Å². The number of aryl methyl sites for hydroxylation is 1. The first kappa shape index (κ1) is 22.8. The van der Waals surface area contributed by atoms with E-state index in [0.29, 0.717) is 12.3 Å². The van der Waals surface area contributed by atoms with Gasteiger partial charge in [0.25, 0.3) is 5.91 Å². The normalized spacial score (nSPS) is 9.90. The second-order valence-electron chi connectivity index (χ2n) is 6.42. The summed E-state index contributed by atoms with van der Waals surface area (Å²) in [4.78, 5) is 35.4. The fourth-order valence-electron chi connectivity index (χ4n) is 2.35. The number of ether oxygens (including phenoxy) is 1. The summed E-state index contributed by atoms with van der Waals surface area (Å²) in [6, 6.07) is 16.8. The molecule has 0 saturated carbocycles. The molecule has 9 heteroatoms. The van der Waals surface area contributed by atoms with E-state index in [4.69, 9.17) is 17.0 Å². The Balaban J connectivity index is 1.57. The van der Waals surface area contributed by atoms with Gasteiger partial charge < -0.3 is 10.1 Å². The molecule has 0 aliphatic carbocycles. The maximum atomic E-state index is 11.8. The topological polar surface area (TPSA) is 109 Å². The van der Waals surface area contributed by atoms with Crippen molar-refractivity contribution >= 4 is 35.1 Å². The number of hydrogen-bond acceptors (Lipinski definition) is 5. The van der Waals surface area contributed by atoms with E-state index in [1.807, 2.05) is 49.4 Å². The number of carbonyl (C=O) groups excluding carboxylic acids is 3.